The summed E-state index contributed by atoms with van der Waals surface area (Å²) < 4.78 is 5.64. The monoisotopic (exact) mass is 144 g/mol. The summed E-state index contributed by atoms with van der Waals surface area (Å²) in [5.74, 6) is 1.04. The highest BCUT2D eigenvalue weighted by molar-refractivity contribution is 5.67. The minimum Gasteiger partial charge on any atom is -0.485 e. The van der Waals surface area contributed by atoms with Crippen molar-refractivity contribution < 1.29 is 4.74 Å². The van der Waals surface area contributed by atoms with Crippen LogP contribution < -0.4 is 4.74 Å². The van der Waals surface area contributed by atoms with Crippen molar-refractivity contribution in [1.29, 1.82) is 0 Å². The third-order valence-corrected chi connectivity index (χ3v) is 2.20. The smallest absolute Gasteiger partial charge is 0.127 e. The van der Waals surface area contributed by atoms with Gasteiger partial charge in [0.15, 0.2) is 0 Å². The topological polar surface area (TPSA) is 9.23 Å². The van der Waals surface area contributed by atoms with Crippen LogP contribution in [0.2, 0.25) is 0 Å². The van der Waals surface area contributed by atoms with Gasteiger partial charge in [0, 0.05) is 12.0 Å². The maximum atomic E-state index is 5.64. The molecule has 2 aliphatic rings. The van der Waals surface area contributed by atoms with Gasteiger partial charge in [0.1, 0.15) is 11.9 Å². The largest absolute Gasteiger partial charge is 0.485 e. The Morgan fingerprint density at radius 2 is 2.18 bits per heavy atom. The number of hydrogen-bond acceptors (Lipinski definition) is 1. The molecule has 0 spiro atoms. The SMILES string of the molecule is C1=C2CC2Oc2ccccc21. The Morgan fingerprint density at radius 3 is 3.18 bits per heavy atom. The first-order chi connectivity index (χ1) is 5.43. The lowest BCUT2D eigenvalue weighted by Crippen LogP contribution is -2.01. The first-order valence-electron chi connectivity index (χ1n) is 3.90. The van der Waals surface area contributed by atoms with Crippen LogP contribution in [0, 0.1) is 0 Å². The summed E-state index contributed by atoms with van der Waals surface area (Å²) in [5.41, 5.74) is 2.68. The average Bonchev–Trinajstić information content (AvgIpc) is 2.77. The van der Waals surface area contributed by atoms with Crippen LogP contribution in [0.4, 0.5) is 0 Å². The number of benzene rings is 1. The molecule has 0 bridgehead atoms. The van der Waals surface area contributed by atoms with Crippen LogP contribution in [0.15, 0.2) is 29.8 Å². The molecule has 1 aliphatic carbocycles. The second kappa shape index (κ2) is 1.67. The number of ether oxygens (including phenoxy) is 1. The van der Waals surface area contributed by atoms with E-state index in [1.165, 1.54) is 11.1 Å². The van der Waals surface area contributed by atoms with Crippen LogP contribution in [0.25, 0.3) is 6.08 Å². The summed E-state index contributed by atoms with van der Waals surface area (Å²) in [6.07, 6.45) is 3.79. The fourth-order valence-corrected chi connectivity index (χ4v) is 1.48. The van der Waals surface area contributed by atoms with Crippen LogP contribution in [-0.4, -0.2) is 6.10 Å². The molecule has 3 rings (SSSR count). The van der Waals surface area contributed by atoms with E-state index in [4.69, 9.17) is 4.74 Å². The second-order valence-electron chi connectivity index (χ2n) is 3.07. The summed E-state index contributed by atoms with van der Waals surface area (Å²) in [7, 11) is 0. The van der Waals surface area contributed by atoms with Gasteiger partial charge >= 0.3 is 0 Å². The molecular formula is C10H8O. The highest BCUT2D eigenvalue weighted by Gasteiger charge is 2.35. The quantitative estimate of drug-likeness (QED) is 0.542. The zero-order valence-electron chi connectivity index (χ0n) is 6.08. The van der Waals surface area contributed by atoms with Crippen LogP contribution in [0.3, 0.4) is 0 Å². The summed E-state index contributed by atoms with van der Waals surface area (Å²) in [6.45, 7) is 0. The highest BCUT2D eigenvalue weighted by Crippen LogP contribution is 2.41. The first kappa shape index (κ1) is 5.42. The third kappa shape index (κ3) is 0.709. The molecule has 11 heavy (non-hydrogen) atoms. The number of para-hydroxylation sites is 1. The van der Waals surface area contributed by atoms with E-state index >= 15 is 0 Å². The fraction of sp³-hybridized carbons (Fsp3) is 0.200. The van der Waals surface area contributed by atoms with E-state index in [9.17, 15) is 0 Å². The van der Waals surface area contributed by atoms with Crippen LogP contribution >= 0.6 is 0 Å². The maximum Gasteiger partial charge on any atom is 0.127 e. The lowest BCUT2D eigenvalue weighted by Gasteiger charge is -2.10. The van der Waals surface area contributed by atoms with E-state index in [1.54, 1.807) is 0 Å². The Morgan fingerprint density at radius 1 is 1.27 bits per heavy atom. The summed E-state index contributed by atoms with van der Waals surface area (Å²) in [5, 5.41) is 0. The lowest BCUT2D eigenvalue weighted by atomic mass is 10.1. The Balaban J connectivity index is 2.20. The number of hydrogen-bond donors (Lipinski definition) is 0. The normalized spacial score (nSPS) is 24.4. The summed E-state index contributed by atoms with van der Waals surface area (Å²) in [6, 6.07) is 8.18. The molecule has 1 saturated carbocycles. The predicted octanol–water partition coefficient (Wildman–Crippen LogP) is 2.23. The molecule has 0 saturated heterocycles. The average molecular weight is 144 g/mol. The molecule has 1 unspecified atom stereocenters. The molecule has 54 valence electrons. The van der Waals surface area contributed by atoms with Crippen molar-refractivity contribution >= 4 is 6.08 Å². The van der Waals surface area contributed by atoms with Crippen molar-refractivity contribution in [3.63, 3.8) is 0 Å². The summed E-state index contributed by atoms with van der Waals surface area (Å²) >= 11 is 0. The van der Waals surface area contributed by atoms with Gasteiger partial charge in [-0.05, 0) is 17.7 Å². The molecule has 1 aliphatic heterocycles. The zero-order valence-corrected chi connectivity index (χ0v) is 6.08. The van der Waals surface area contributed by atoms with Crippen molar-refractivity contribution in [3.8, 4) is 5.75 Å². The van der Waals surface area contributed by atoms with E-state index < -0.39 is 0 Å². The molecule has 0 N–H and O–H groups in total. The number of fused-ring (bicyclic) bond motifs is 2. The predicted molar refractivity (Wildman–Crippen MR) is 43.5 cm³/mol. The Labute approximate surface area is 65.3 Å². The minimum atomic E-state index is 0.421. The second-order valence-corrected chi connectivity index (χ2v) is 3.07. The van der Waals surface area contributed by atoms with E-state index in [2.05, 4.69) is 12.1 Å². The van der Waals surface area contributed by atoms with E-state index in [0.717, 1.165) is 12.2 Å². The molecule has 1 fully saturated rings. The third-order valence-electron chi connectivity index (χ3n) is 2.20. The minimum absolute atomic E-state index is 0.421. The van der Waals surface area contributed by atoms with Crippen molar-refractivity contribution in [2.24, 2.45) is 0 Å². The van der Waals surface area contributed by atoms with Gasteiger partial charge in [-0.15, -0.1) is 0 Å². The van der Waals surface area contributed by atoms with E-state index in [1.807, 2.05) is 18.2 Å². The Kier molecular flexibility index (Phi) is 0.823. The van der Waals surface area contributed by atoms with E-state index in [-0.39, 0.29) is 0 Å². The van der Waals surface area contributed by atoms with Gasteiger partial charge in [-0.25, -0.2) is 0 Å². The molecule has 1 heteroatoms. The highest BCUT2D eigenvalue weighted by atomic mass is 16.5. The van der Waals surface area contributed by atoms with Gasteiger partial charge in [0.25, 0.3) is 0 Å². The van der Waals surface area contributed by atoms with Crippen LogP contribution in [0.1, 0.15) is 12.0 Å². The zero-order chi connectivity index (χ0) is 7.26. The molecule has 0 amide bonds. The van der Waals surface area contributed by atoms with Crippen LogP contribution in [-0.2, 0) is 0 Å². The molecule has 1 aromatic rings. The van der Waals surface area contributed by atoms with Gasteiger partial charge in [0.05, 0.1) is 0 Å². The number of rotatable bonds is 0. The fourth-order valence-electron chi connectivity index (χ4n) is 1.48. The van der Waals surface area contributed by atoms with Crippen molar-refractivity contribution in [1.82, 2.24) is 0 Å². The van der Waals surface area contributed by atoms with Crippen LogP contribution in [0.5, 0.6) is 5.75 Å². The standard InChI is InChI=1S/C10H8O/c1-2-4-9-7(3-1)5-8-6-10(8)11-9/h1-5,10H,6H2. The maximum absolute atomic E-state index is 5.64. The molecule has 1 nitrogen and oxygen atoms in total. The van der Waals surface area contributed by atoms with Gasteiger partial charge in [-0.1, -0.05) is 18.2 Å². The van der Waals surface area contributed by atoms with E-state index in [0.29, 0.717) is 6.10 Å². The first-order valence-corrected chi connectivity index (χ1v) is 3.90. The Bertz CT molecular complexity index is 338. The Hall–Kier alpha value is -1.24. The van der Waals surface area contributed by atoms with Crippen molar-refractivity contribution in [2.45, 2.75) is 12.5 Å². The van der Waals surface area contributed by atoms with Crippen molar-refractivity contribution in [2.75, 3.05) is 0 Å². The van der Waals surface area contributed by atoms with Gasteiger partial charge in [0.2, 0.25) is 0 Å². The molecule has 1 heterocycles. The molecular weight excluding hydrogens is 136 g/mol. The molecule has 1 aromatic carbocycles. The molecule has 0 aromatic heterocycles. The van der Waals surface area contributed by atoms with Gasteiger partial charge in [-0.2, -0.15) is 0 Å². The molecule has 1 atom stereocenters. The molecule has 0 radical (unpaired) electrons. The summed E-state index contributed by atoms with van der Waals surface area (Å²) in [4.78, 5) is 0. The van der Waals surface area contributed by atoms with Gasteiger partial charge in [-0.3, -0.25) is 0 Å². The van der Waals surface area contributed by atoms with Crippen molar-refractivity contribution in [3.05, 3.63) is 35.4 Å². The lowest BCUT2D eigenvalue weighted by molar-refractivity contribution is 0.311. The van der Waals surface area contributed by atoms with Gasteiger partial charge < -0.3 is 4.74 Å².